The number of allylic oxidation sites excluding steroid dienone is 1. The van der Waals surface area contributed by atoms with Crippen molar-refractivity contribution in [2.75, 3.05) is 26.7 Å². The van der Waals surface area contributed by atoms with Gasteiger partial charge in [0.05, 0.1) is 41.9 Å². The van der Waals surface area contributed by atoms with Crippen molar-refractivity contribution in [3.05, 3.63) is 59.8 Å². The lowest BCUT2D eigenvalue weighted by molar-refractivity contribution is -0.148. The molecule has 5 aliphatic rings. The van der Waals surface area contributed by atoms with E-state index in [9.17, 15) is 36.4 Å². The number of nitrogens with zero attached hydrogens (tertiary/aromatic N) is 4. The first-order valence-electron chi connectivity index (χ1n) is 20.9. The summed E-state index contributed by atoms with van der Waals surface area (Å²) in [6.07, 6.45) is 7.88. The minimum absolute atomic E-state index is 0.0595. The van der Waals surface area contributed by atoms with Crippen LogP contribution in [-0.4, -0.2) is 107 Å². The highest BCUT2D eigenvalue weighted by molar-refractivity contribution is 7.91. The maximum atomic E-state index is 14.8. The molecule has 0 spiro atoms. The average molecular weight is 883 g/mol. The van der Waals surface area contributed by atoms with Gasteiger partial charge in [-0.25, -0.2) is 22.2 Å². The number of hydrogen-bond acceptors (Lipinski definition) is 10. The SMILES string of the molecule is COc1ccc2c(O[C@@H]3C[C@H]4C(=O)N[C@]5(C(=O)NS(=O)(=O)C6CC6)CC5C=CCCCCC[C@H](CC(=O)N5CCCC(F)(F)C5)C(=O)N4C3)nc(-c3ccccn3)cc2c1Cl. The van der Waals surface area contributed by atoms with E-state index in [1.165, 1.54) is 12.0 Å². The van der Waals surface area contributed by atoms with Gasteiger partial charge in [0, 0.05) is 54.6 Å². The van der Waals surface area contributed by atoms with E-state index in [0.29, 0.717) is 65.0 Å². The molecular weight excluding hydrogens is 834 g/mol. The normalized spacial score (nSPS) is 27.0. The third-order valence-electron chi connectivity index (χ3n) is 12.4. The maximum absolute atomic E-state index is 14.8. The van der Waals surface area contributed by atoms with E-state index in [2.05, 4.69) is 15.0 Å². The van der Waals surface area contributed by atoms with Gasteiger partial charge in [0.1, 0.15) is 23.4 Å². The highest BCUT2D eigenvalue weighted by Gasteiger charge is 2.62. The molecule has 2 saturated heterocycles. The van der Waals surface area contributed by atoms with Gasteiger partial charge in [0.25, 0.3) is 11.8 Å². The molecule has 2 aromatic heterocycles. The molecule has 5 heterocycles. The second-order valence-corrected chi connectivity index (χ2v) is 19.2. The van der Waals surface area contributed by atoms with Crippen LogP contribution in [-0.2, 0) is 29.2 Å². The summed E-state index contributed by atoms with van der Waals surface area (Å²) in [5, 5.41) is 3.56. The number of nitrogens with one attached hydrogen (secondary N) is 2. The van der Waals surface area contributed by atoms with Crippen molar-refractivity contribution in [1.82, 2.24) is 29.8 Å². The van der Waals surface area contributed by atoms with Crippen LogP contribution in [0.15, 0.2) is 54.7 Å². The molecule has 326 valence electrons. The molecule has 8 rings (SSSR count). The van der Waals surface area contributed by atoms with Gasteiger partial charge < -0.3 is 24.6 Å². The number of rotatable bonds is 9. The average Bonchev–Trinajstić information content (AvgIpc) is 4.16. The molecule has 3 aromatic rings. The van der Waals surface area contributed by atoms with E-state index in [-0.39, 0.29) is 57.5 Å². The predicted octanol–water partition coefficient (Wildman–Crippen LogP) is 5.57. The third kappa shape index (κ3) is 9.18. The highest BCUT2D eigenvalue weighted by Crippen LogP contribution is 2.46. The van der Waals surface area contributed by atoms with Crippen LogP contribution in [0.3, 0.4) is 0 Å². The number of likely N-dealkylation sites (tertiary alicyclic amines) is 1. The second-order valence-electron chi connectivity index (χ2n) is 16.9. The van der Waals surface area contributed by atoms with Crippen LogP contribution in [0, 0.1) is 11.8 Å². The molecule has 14 nitrogen and oxygen atoms in total. The molecule has 1 aromatic carbocycles. The molecule has 2 N–H and O–H groups in total. The second kappa shape index (κ2) is 17.1. The van der Waals surface area contributed by atoms with Gasteiger partial charge in [0.2, 0.25) is 33.6 Å². The summed E-state index contributed by atoms with van der Waals surface area (Å²) in [5.74, 6) is -6.52. The number of halogens is 3. The molecule has 4 fully saturated rings. The minimum atomic E-state index is -3.96. The van der Waals surface area contributed by atoms with Crippen LogP contribution >= 0.6 is 11.6 Å². The minimum Gasteiger partial charge on any atom is -0.495 e. The number of methoxy groups -OCH3 is 1. The Balaban J connectivity index is 1.14. The third-order valence-corrected chi connectivity index (χ3v) is 14.6. The number of fused-ring (bicyclic) bond motifs is 3. The summed E-state index contributed by atoms with van der Waals surface area (Å²) in [5.41, 5.74) is -0.618. The first kappa shape index (κ1) is 42.8. The van der Waals surface area contributed by atoms with E-state index in [1.807, 2.05) is 12.2 Å². The van der Waals surface area contributed by atoms with Crippen molar-refractivity contribution >= 4 is 56.0 Å². The van der Waals surface area contributed by atoms with Gasteiger partial charge in [0.15, 0.2) is 0 Å². The molecule has 18 heteroatoms. The Morgan fingerprint density at radius 2 is 1.87 bits per heavy atom. The van der Waals surface area contributed by atoms with Gasteiger partial charge in [-0.1, -0.05) is 42.7 Å². The van der Waals surface area contributed by atoms with Gasteiger partial charge in [-0.15, -0.1) is 0 Å². The first-order valence-corrected chi connectivity index (χ1v) is 22.9. The topological polar surface area (TPSA) is 177 Å². The van der Waals surface area contributed by atoms with Crippen LogP contribution in [0.4, 0.5) is 8.78 Å². The molecule has 3 aliphatic heterocycles. The molecule has 2 saturated carbocycles. The van der Waals surface area contributed by atoms with E-state index < -0.39 is 80.9 Å². The molecule has 0 radical (unpaired) electrons. The molecule has 5 atom stereocenters. The summed E-state index contributed by atoms with van der Waals surface area (Å²) in [7, 11) is -2.46. The lowest BCUT2D eigenvalue weighted by Crippen LogP contribution is -2.57. The monoisotopic (exact) mass is 882 g/mol. The van der Waals surface area contributed by atoms with Crippen LogP contribution in [0.5, 0.6) is 11.6 Å². The van der Waals surface area contributed by atoms with Crippen molar-refractivity contribution in [2.24, 2.45) is 11.8 Å². The standard InChI is InChI=1S/C43H49ClF2N6O8S/c1-59-35-16-15-30-31(37(35)44)22-33(32-12-7-8-18-47-32)48-39(30)60-28-21-34-38(54)49-43(41(56)50-61(57,58)29-13-14-29)23-27(43)11-6-4-2-3-5-10-26(40(55)52(34)24-28)20-36(53)51-19-9-17-42(45,46)25-51/h6-8,11-12,15-16,18,22,26-29,34H,2-5,9-10,13-14,17,19-21,23-25H2,1H3,(H,49,54)(H,50,56)/t26-,27?,28-,34+,43-/m1/s1. The van der Waals surface area contributed by atoms with Crippen molar-refractivity contribution in [3.8, 4) is 23.0 Å². The largest absolute Gasteiger partial charge is 0.495 e. The van der Waals surface area contributed by atoms with Crippen molar-refractivity contribution in [2.45, 2.75) is 106 Å². The Hall–Kier alpha value is -4.90. The number of ether oxygens (including phenoxy) is 2. The van der Waals surface area contributed by atoms with Gasteiger partial charge in [-0.05, 0) is 75.3 Å². The number of hydrogen-bond donors (Lipinski definition) is 2. The lowest BCUT2D eigenvalue weighted by atomic mass is 9.94. The van der Waals surface area contributed by atoms with Gasteiger partial charge in [-0.3, -0.25) is 28.9 Å². The number of carbonyl (C=O) groups excluding carboxylic acids is 4. The molecule has 61 heavy (non-hydrogen) atoms. The predicted molar refractivity (Wildman–Crippen MR) is 221 cm³/mol. The molecule has 0 bridgehead atoms. The van der Waals surface area contributed by atoms with Crippen molar-refractivity contribution in [1.29, 1.82) is 0 Å². The Bertz CT molecular complexity index is 2350. The number of carbonyl (C=O) groups is 4. The van der Waals surface area contributed by atoms with E-state index >= 15 is 0 Å². The zero-order valence-electron chi connectivity index (χ0n) is 33.8. The Morgan fingerprint density at radius 3 is 2.61 bits per heavy atom. The number of sulfonamides is 1. The number of pyridine rings is 2. The fraction of sp³-hybridized carbons (Fsp3) is 0.535. The Kier molecular flexibility index (Phi) is 12.0. The van der Waals surface area contributed by atoms with Crippen LogP contribution in [0.1, 0.15) is 77.0 Å². The summed E-state index contributed by atoms with van der Waals surface area (Å²) in [6.45, 7) is -0.689. The van der Waals surface area contributed by atoms with E-state index in [4.69, 9.17) is 26.1 Å². The molecular formula is C43H49ClF2N6O8S. The van der Waals surface area contributed by atoms with Crippen LogP contribution in [0.2, 0.25) is 5.02 Å². The molecule has 1 unspecified atom stereocenters. The number of amides is 4. The van der Waals surface area contributed by atoms with Crippen molar-refractivity contribution in [3.63, 3.8) is 0 Å². The van der Waals surface area contributed by atoms with Gasteiger partial charge >= 0.3 is 0 Å². The van der Waals surface area contributed by atoms with Crippen LogP contribution in [0.25, 0.3) is 22.2 Å². The lowest BCUT2D eigenvalue weighted by Gasteiger charge is -2.34. The zero-order valence-corrected chi connectivity index (χ0v) is 35.4. The Labute approximate surface area is 357 Å². The van der Waals surface area contributed by atoms with Gasteiger partial charge in [-0.2, -0.15) is 0 Å². The molecule has 4 amide bonds. The quantitative estimate of drug-likeness (QED) is 0.258. The number of alkyl halides is 2. The summed E-state index contributed by atoms with van der Waals surface area (Å²) in [4.78, 5) is 68.7. The zero-order chi connectivity index (χ0) is 43.1. The Morgan fingerprint density at radius 1 is 1.05 bits per heavy atom. The van der Waals surface area contributed by atoms with Crippen LogP contribution < -0.4 is 19.5 Å². The number of benzene rings is 1. The van der Waals surface area contributed by atoms with E-state index in [0.717, 1.165) is 11.3 Å². The highest BCUT2D eigenvalue weighted by atomic mass is 35.5. The summed E-state index contributed by atoms with van der Waals surface area (Å²) >= 11 is 6.82. The van der Waals surface area contributed by atoms with Crippen molar-refractivity contribution < 1.29 is 45.9 Å². The fourth-order valence-corrected chi connectivity index (χ4v) is 10.4. The smallest absolute Gasteiger partial charge is 0.265 e. The number of aromatic nitrogens is 2. The summed E-state index contributed by atoms with van der Waals surface area (Å²) < 4.78 is 69.1. The van der Waals surface area contributed by atoms with E-state index in [1.54, 1.807) is 42.6 Å². The molecule has 2 aliphatic carbocycles. The fourth-order valence-electron chi connectivity index (χ4n) is 8.79. The first-order chi connectivity index (χ1) is 29.2. The summed E-state index contributed by atoms with van der Waals surface area (Å²) in [6, 6.07) is 9.30. The number of piperidine rings is 1. The maximum Gasteiger partial charge on any atom is 0.265 e.